The summed E-state index contributed by atoms with van der Waals surface area (Å²) in [5.41, 5.74) is 2.66. The van der Waals surface area contributed by atoms with Crippen LogP contribution in [0.2, 0.25) is 0 Å². The lowest BCUT2D eigenvalue weighted by Crippen LogP contribution is -2.41. The topological polar surface area (TPSA) is 61.4 Å². The first-order valence-corrected chi connectivity index (χ1v) is 10.9. The molecule has 0 radical (unpaired) electrons. The van der Waals surface area contributed by atoms with Gasteiger partial charge in [-0.1, -0.05) is 42.5 Å². The van der Waals surface area contributed by atoms with Crippen molar-refractivity contribution in [2.24, 2.45) is 5.92 Å². The summed E-state index contributed by atoms with van der Waals surface area (Å²) in [4.78, 5) is 26.1. The first-order chi connectivity index (χ1) is 14.5. The normalized spacial score (nSPS) is 19.3. The van der Waals surface area contributed by atoms with E-state index in [9.17, 15) is 9.59 Å². The molecule has 1 aliphatic heterocycles. The van der Waals surface area contributed by atoms with Gasteiger partial charge >= 0.3 is 6.03 Å². The van der Waals surface area contributed by atoms with Crippen LogP contribution in [0.1, 0.15) is 48.5 Å². The van der Waals surface area contributed by atoms with Crippen LogP contribution in [-0.2, 0) is 6.42 Å². The lowest BCUT2D eigenvalue weighted by atomic mass is 9.85. The number of ketones is 1. The summed E-state index contributed by atoms with van der Waals surface area (Å²) in [5, 5.41) is 5.74. The Bertz CT molecular complexity index is 837. The summed E-state index contributed by atoms with van der Waals surface area (Å²) < 4.78 is 0. The minimum absolute atomic E-state index is 0.0128. The second-order valence-corrected chi connectivity index (χ2v) is 8.37. The van der Waals surface area contributed by atoms with E-state index in [2.05, 4.69) is 52.9 Å². The van der Waals surface area contributed by atoms with E-state index < -0.39 is 0 Å². The molecular weight excluding hydrogens is 374 g/mol. The Balaban J connectivity index is 1.39. The van der Waals surface area contributed by atoms with Crippen LogP contribution in [-0.4, -0.2) is 42.9 Å². The zero-order chi connectivity index (χ0) is 21.3. The molecule has 160 valence electrons. The zero-order valence-corrected chi connectivity index (χ0v) is 18.1. The number of Topliss-reactive ketones (excluding diaryl/α,β-unsaturated/α-hetero) is 1. The van der Waals surface area contributed by atoms with Crippen molar-refractivity contribution >= 4 is 17.5 Å². The number of nitrogens with zero attached hydrogens (tertiary/aromatic N) is 1. The Kier molecular flexibility index (Phi) is 8.03. The second-order valence-electron chi connectivity index (χ2n) is 8.37. The predicted molar refractivity (Wildman–Crippen MR) is 122 cm³/mol. The molecule has 2 aromatic rings. The SMILES string of the molecule is CC(=O)c1cccc(NC(=O)NCCC[C@@H]2C[C@@H](Cc3ccccc3)CCN2C)c1. The summed E-state index contributed by atoms with van der Waals surface area (Å²) in [6.07, 6.45) is 5.67. The van der Waals surface area contributed by atoms with Crippen LogP contribution in [0.15, 0.2) is 54.6 Å². The molecule has 0 aliphatic carbocycles. The fourth-order valence-electron chi connectivity index (χ4n) is 4.25. The third-order valence-electron chi connectivity index (χ3n) is 6.01. The van der Waals surface area contributed by atoms with Crippen molar-refractivity contribution in [3.8, 4) is 0 Å². The van der Waals surface area contributed by atoms with Gasteiger partial charge in [-0.15, -0.1) is 0 Å². The fourth-order valence-corrected chi connectivity index (χ4v) is 4.25. The first-order valence-electron chi connectivity index (χ1n) is 10.9. The van der Waals surface area contributed by atoms with Crippen LogP contribution < -0.4 is 10.6 Å². The molecule has 5 nitrogen and oxygen atoms in total. The van der Waals surface area contributed by atoms with Crippen LogP contribution in [0.25, 0.3) is 0 Å². The number of carbonyl (C=O) groups excluding carboxylic acids is 2. The van der Waals surface area contributed by atoms with E-state index in [1.54, 1.807) is 24.3 Å². The second kappa shape index (κ2) is 10.9. The number of carbonyl (C=O) groups is 2. The van der Waals surface area contributed by atoms with Gasteiger partial charge in [-0.3, -0.25) is 4.79 Å². The summed E-state index contributed by atoms with van der Waals surface area (Å²) in [6.45, 7) is 3.31. The maximum Gasteiger partial charge on any atom is 0.319 e. The first kappa shape index (κ1) is 22.0. The van der Waals surface area contributed by atoms with Crippen molar-refractivity contribution in [2.45, 2.75) is 45.1 Å². The molecule has 0 aromatic heterocycles. The van der Waals surface area contributed by atoms with Gasteiger partial charge in [0, 0.05) is 23.8 Å². The Morgan fingerprint density at radius 2 is 1.90 bits per heavy atom. The van der Waals surface area contributed by atoms with Gasteiger partial charge in [-0.25, -0.2) is 4.79 Å². The Labute approximate surface area is 179 Å². The predicted octanol–water partition coefficient (Wildman–Crippen LogP) is 4.74. The average molecular weight is 408 g/mol. The van der Waals surface area contributed by atoms with E-state index >= 15 is 0 Å². The van der Waals surface area contributed by atoms with Crippen molar-refractivity contribution < 1.29 is 9.59 Å². The molecule has 1 saturated heterocycles. The van der Waals surface area contributed by atoms with Crippen molar-refractivity contribution in [1.29, 1.82) is 0 Å². The van der Waals surface area contributed by atoms with E-state index in [0.29, 0.717) is 23.8 Å². The quantitative estimate of drug-likeness (QED) is 0.491. The highest BCUT2D eigenvalue weighted by atomic mass is 16.2. The number of hydrogen-bond acceptors (Lipinski definition) is 3. The van der Waals surface area contributed by atoms with Crippen LogP contribution in [0.5, 0.6) is 0 Å². The molecule has 30 heavy (non-hydrogen) atoms. The fraction of sp³-hybridized carbons (Fsp3) is 0.440. The van der Waals surface area contributed by atoms with Gasteiger partial charge in [0.15, 0.2) is 5.78 Å². The van der Waals surface area contributed by atoms with Gasteiger partial charge in [-0.05, 0) is 76.2 Å². The highest BCUT2D eigenvalue weighted by Gasteiger charge is 2.25. The molecule has 0 bridgehead atoms. The van der Waals surface area contributed by atoms with Crippen LogP contribution in [0.3, 0.4) is 0 Å². The molecule has 2 aromatic carbocycles. The minimum atomic E-state index is -0.227. The van der Waals surface area contributed by atoms with Gasteiger partial charge in [0.2, 0.25) is 0 Å². The molecule has 1 aliphatic rings. The van der Waals surface area contributed by atoms with Gasteiger partial charge in [0.05, 0.1) is 0 Å². The average Bonchev–Trinajstić information content (AvgIpc) is 2.74. The van der Waals surface area contributed by atoms with E-state index in [4.69, 9.17) is 0 Å². The van der Waals surface area contributed by atoms with E-state index in [-0.39, 0.29) is 11.8 Å². The molecule has 3 rings (SSSR count). The highest BCUT2D eigenvalue weighted by Crippen LogP contribution is 2.27. The number of benzene rings is 2. The van der Waals surface area contributed by atoms with Crippen molar-refractivity contribution in [2.75, 3.05) is 25.5 Å². The smallest absolute Gasteiger partial charge is 0.319 e. The lowest BCUT2D eigenvalue weighted by molar-refractivity contribution is 0.101. The van der Waals surface area contributed by atoms with Crippen molar-refractivity contribution in [3.63, 3.8) is 0 Å². The van der Waals surface area contributed by atoms with Gasteiger partial charge in [0.1, 0.15) is 0 Å². The monoisotopic (exact) mass is 407 g/mol. The van der Waals surface area contributed by atoms with Crippen LogP contribution >= 0.6 is 0 Å². The molecule has 2 N–H and O–H groups in total. The van der Waals surface area contributed by atoms with Crippen molar-refractivity contribution in [3.05, 3.63) is 65.7 Å². The Hall–Kier alpha value is -2.66. The van der Waals surface area contributed by atoms with Crippen molar-refractivity contribution in [1.82, 2.24) is 10.2 Å². The van der Waals surface area contributed by atoms with Gasteiger partial charge in [0.25, 0.3) is 0 Å². The number of rotatable bonds is 8. The van der Waals surface area contributed by atoms with E-state index in [1.807, 2.05) is 0 Å². The summed E-state index contributed by atoms with van der Waals surface area (Å²) in [6, 6.07) is 18.1. The summed E-state index contributed by atoms with van der Waals surface area (Å²) in [5.74, 6) is 0.722. The summed E-state index contributed by atoms with van der Waals surface area (Å²) >= 11 is 0. The third kappa shape index (κ3) is 6.70. The minimum Gasteiger partial charge on any atom is -0.338 e. The molecule has 5 heteroatoms. The molecular formula is C25H33N3O2. The van der Waals surface area contributed by atoms with Crippen LogP contribution in [0, 0.1) is 5.92 Å². The number of nitrogens with one attached hydrogen (secondary N) is 2. The molecule has 0 spiro atoms. The molecule has 1 heterocycles. The molecule has 0 unspecified atom stereocenters. The number of likely N-dealkylation sites (tertiary alicyclic amines) is 1. The van der Waals surface area contributed by atoms with E-state index in [1.165, 1.54) is 25.3 Å². The van der Waals surface area contributed by atoms with Gasteiger partial charge in [-0.2, -0.15) is 0 Å². The van der Waals surface area contributed by atoms with E-state index in [0.717, 1.165) is 31.7 Å². The maximum atomic E-state index is 12.1. The number of anilines is 1. The molecule has 1 fully saturated rings. The summed E-state index contributed by atoms with van der Waals surface area (Å²) in [7, 11) is 2.21. The lowest BCUT2D eigenvalue weighted by Gasteiger charge is -2.37. The Morgan fingerprint density at radius 1 is 1.10 bits per heavy atom. The standard InChI is InChI=1S/C25H33N3O2/c1-19(29)22-10-6-11-23(18-22)27-25(30)26-14-7-12-24-17-21(13-15-28(24)2)16-20-8-4-3-5-9-20/h3-6,8-11,18,21,24H,7,12-17H2,1-2H3,(H2,26,27,30)/t21-,24-/m1/s1. The molecule has 0 saturated carbocycles. The highest BCUT2D eigenvalue weighted by molar-refractivity contribution is 5.96. The number of piperidine rings is 1. The van der Waals surface area contributed by atoms with Gasteiger partial charge < -0.3 is 15.5 Å². The molecule has 2 atom stereocenters. The maximum absolute atomic E-state index is 12.1. The molecule has 2 amide bonds. The number of hydrogen-bond donors (Lipinski definition) is 2. The number of urea groups is 1. The Morgan fingerprint density at radius 3 is 2.67 bits per heavy atom. The third-order valence-corrected chi connectivity index (χ3v) is 6.01. The number of amides is 2. The van der Waals surface area contributed by atoms with Crippen LogP contribution in [0.4, 0.5) is 10.5 Å². The largest absolute Gasteiger partial charge is 0.338 e. The zero-order valence-electron chi connectivity index (χ0n) is 18.1.